The molecule has 0 spiro atoms. The van der Waals surface area contributed by atoms with Gasteiger partial charge in [0.05, 0.1) is 0 Å². The maximum atomic E-state index is 5.71. The van der Waals surface area contributed by atoms with E-state index in [4.69, 9.17) is 5.73 Å². The smallest absolute Gasteiger partial charge is 0.000966 e. The highest BCUT2D eigenvalue weighted by atomic mass is 35.5. The van der Waals surface area contributed by atoms with Crippen molar-refractivity contribution in [3.05, 3.63) is 0 Å². The van der Waals surface area contributed by atoms with E-state index in [1.54, 1.807) is 0 Å². The minimum Gasteiger partial charge on any atom is -0.330 e. The van der Waals surface area contributed by atoms with Crippen molar-refractivity contribution in [3.63, 3.8) is 0 Å². The summed E-state index contributed by atoms with van der Waals surface area (Å²) in [5, 5.41) is 0. The maximum absolute atomic E-state index is 5.71. The van der Waals surface area contributed by atoms with Crippen LogP contribution in [-0.4, -0.2) is 31.1 Å². The summed E-state index contributed by atoms with van der Waals surface area (Å²) in [6.45, 7) is 4.88. The number of nitrogens with zero attached hydrogens (tertiary/aromatic N) is 1. The van der Waals surface area contributed by atoms with Crippen LogP contribution < -0.4 is 5.73 Å². The van der Waals surface area contributed by atoms with Gasteiger partial charge in [0.1, 0.15) is 0 Å². The van der Waals surface area contributed by atoms with Crippen LogP contribution in [0.15, 0.2) is 0 Å². The number of nitrogens with two attached hydrogens (primary N) is 1. The molecule has 1 saturated carbocycles. The van der Waals surface area contributed by atoms with Crippen LogP contribution in [0.3, 0.4) is 0 Å². The number of halogens is 2. The first-order chi connectivity index (χ1) is 7.38. The van der Waals surface area contributed by atoms with Crippen molar-refractivity contribution in [1.82, 2.24) is 4.90 Å². The molecular formula is C13H28Cl2N2. The molecule has 2 aliphatic rings. The highest BCUT2D eigenvalue weighted by Crippen LogP contribution is 2.26. The van der Waals surface area contributed by atoms with Gasteiger partial charge >= 0.3 is 0 Å². The lowest BCUT2D eigenvalue weighted by molar-refractivity contribution is 0.148. The van der Waals surface area contributed by atoms with Crippen LogP contribution in [0.25, 0.3) is 0 Å². The Morgan fingerprint density at radius 2 is 1.41 bits per heavy atom. The number of hydrogen-bond donors (Lipinski definition) is 1. The average Bonchev–Trinajstić information content (AvgIpc) is 2.31. The van der Waals surface area contributed by atoms with Gasteiger partial charge in [0.25, 0.3) is 0 Å². The molecular weight excluding hydrogens is 255 g/mol. The SMILES string of the molecule is Cl.Cl.NCC1CCN(CC2CCCCC2)CC1. The van der Waals surface area contributed by atoms with E-state index in [-0.39, 0.29) is 24.8 Å². The second-order valence-corrected chi connectivity index (χ2v) is 5.48. The van der Waals surface area contributed by atoms with Gasteiger partial charge in [-0.1, -0.05) is 19.3 Å². The molecule has 1 aliphatic carbocycles. The predicted octanol–water partition coefficient (Wildman–Crippen LogP) is 3.08. The van der Waals surface area contributed by atoms with E-state index < -0.39 is 0 Å². The van der Waals surface area contributed by atoms with Crippen LogP contribution >= 0.6 is 24.8 Å². The first-order valence-electron chi connectivity index (χ1n) is 6.81. The van der Waals surface area contributed by atoms with Gasteiger partial charge in [-0.25, -0.2) is 0 Å². The molecule has 0 atom stereocenters. The molecule has 4 heteroatoms. The van der Waals surface area contributed by atoms with E-state index in [0.29, 0.717) is 0 Å². The van der Waals surface area contributed by atoms with Gasteiger partial charge in [-0.2, -0.15) is 0 Å². The van der Waals surface area contributed by atoms with Gasteiger partial charge in [-0.3, -0.25) is 0 Å². The van der Waals surface area contributed by atoms with Crippen LogP contribution in [0.5, 0.6) is 0 Å². The minimum atomic E-state index is 0. The van der Waals surface area contributed by atoms with Gasteiger partial charge in [-0.15, -0.1) is 24.8 Å². The largest absolute Gasteiger partial charge is 0.330 e. The fourth-order valence-corrected chi connectivity index (χ4v) is 3.14. The molecule has 17 heavy (non-hydrogen) atoms. The molecule has 0 unspecified atom stereocenters. The minimum absolute atomic E-state index is 0. The summed E-state index contributed by atoms with van der Waals surface area (Å²) >= 11 is 0. The third-order valence-corrected chi connectivity index (χ3v) is 4.28. The van der Waals surface area contributed by atoms with Crippen molar-refractivity contribution in [3.8, 4) is 0 Å². The van der Waals surface area contributed by atoms with E-state index >= 15 is 0 Å². The van der Waals surface area contributed by atoms with Gasteiger partial charge in [0.15, 0.2) is 0 Å². The summed E-state index contributed by atoms with van der Waals surface area (Å²) in [5.41, 5.74) is 5.71. The van der Waals surface area contributed by atoms with Crippen LogP contribution in [0.1, 0.15) is 44.9 Å². The molecule has 0 aromatic carbocycles. The predicted molar refractivity (Wildman–Crippen MR) is 79.3 cm³/mol. The summed E-state index contributed by atoms with van der Waals surface area (Å²) < 4.78 is 0. The molecule has 2 rings (SSSR count). The molecule has 1 heterocycles. The molecule has 1 saturated heterocycles. The molecule has 2 nitrogen and oxygen atoms in total. The van der Waals surface area contributed by atoms with E-state index in [0.717, 1.165) is 18.4 Å². The molecule has 0 aromatic heterocycles. The molecule has 0 aromatic rings. The third-order valence-electron chi connectivity index (χ3n) is 4.28. The zero-order valence-electron chi connectivity index (χ0n) is 10.8. The Labute approximate surface area is 119 Å². The topological polar surface area (TPSA) is 29.3 Å². The van der Waals surface area contributed by atoms with Crippen molar-refractivity contribution in [2.24, 2.45) is 17.6 Å². The number of piperidine rings is 1. The molecule has 2 N–H and O–H groups in total. The quantitative estimate of drug-likeness (QED) is 0.862. The second-order valence-electron chi connectivity index (χ2n) is 5.48. The molecule has 104 valence electrons. The van der Waals surface area contributed by atoms with Crippen LogP contribution in [0.2, 0.25) is 0 Å². The standard InChI is InChI=1S/C13H26N2.2ClH/c14-10-12-6-8-15(9-7-12)11-13-4-2-1-3-5-13;;/h12-13H,1-11,14H2;2*1H. The fourth-order valence-electron chi connectivity index (χ4n) is 3.14. The van der Waals surface area contributed by atoms with Gasteiger partial charge in [0, 0.05) is 6.54 Å². The Balaban J connectivity index is 0.00000128. The molecule has 2 fully saturated rings. The van der Waals surface area contributed by atoms with Gasteiger partial charge < -0.3 is 10.6 Å². The summed E-state index contributed by atoms with van der Waals surface area (Å²) in [6, 6.07) is 0. The number of rotatable bonds is 3. The summed E-state index contributed by atoms with van der Waals surface area (Å²) in [4.78, 5) is 2.68. The monoisotopic (exact) mass is 282 g/mol. The maximum Gasteiger partial charge on any atom is 0.000966 e. The van der Waals surface area contributed by atoms with Crippen molar-refractivity contribution in [2.45, 2.75) is 44.9 Å². The lowest BCUT2D eigenvalue weighted by Crippen LogP contribution is -2.39. The average molecular weight is 283 g/mol. The Morgan fingerprint density at radius 1 is 0.824 bits per heavy atom. The fraction of sp³-hybridized carbons (Fsp3) is 1.00. The Morgan fingerprint density at radius 3 is 1.94 bits per heavy atom. The van der Waals surface area contributed by atoms with Crippen molar-refractivity contribution in [2.75, 3.05) is 26.2 Å². The number of likely N-dealkylation sites (tertiary alicyclic amines) is 1. The Hall–Kier alpha value is 0.500. The first kappa shape index (κ1) is 17.5. The lowest BCUT2D eigenvalue weighted by atomic mass is 9.88. The van der Waals surface area contributed by atoms with Crippen LogP contribution in [-0.2, 0) is 0 Å². The number of hydrogen-bond acceptors (Lipinski definition) is 2. The zero-order valence-corrected chi connectivity index (χ0v) is 12.4. The lowest BCUT2D eigenvalue weighted by Gasteiger charge is -2.35. The van der Waals surface area contributed by atoms with E-state index in [9.17, 15) is 0 Å². The Kier molecular flexibility index (Phi) is 9.71. The Bertz CT molecular complexity index is 176. The van der Waals surface area contributed by atoms with Crippen molar-refractivity contribution >= 4 is 24.8 Å². The van der Waals surface area contributed by atoms with Crippen molar-refractivity contribution < 1.29 is 0 Å². The van der Waals surface area contributed by atoms with Gasteiger partial charge in [0.2, 0.25) is 0 Å². The first-order valence-corrected chi connectivity index (χ1v) is 6.81. The molecule has 0 amide bonds. The van der Waals surface area contributed by atoms with Crippen LogP contribution in [0, 0.1) is 11.8 Å². The third kappa shape index (κ3) is 5.78. The summed E-state index contributed by atoms with van der Waals surface area (Å²) in [5.74, 6) is 1.82. The van der Waals surface area contributed by atoms with E-state index in [1.165, 1.54) is 64.6 Å². The van der Waals surface area contributed by atoms with Gasteiger partial charge in [-0.05, 0) is 57.2 Å². The van der Waals surface area contributed by atoms with E-state index in [2.05, 4.69) is 4.90 Å². The molecule has 1 aliphatic heterocycles. The zero-order chi connectivity index (χ0) is 10.5. The second kappa shape index (κ2) is 9.43. The summed E-state index contributed by atoms with van der Waals surface area (Å²) in [6.07, 6.45) is 10.1. The molecule has 0 radical (unpaired) electrons. The highest BCUT2D eigenvalue weighted by Gasteiger charge is 2.21. The summed E-state index contributed by atoms with van der Waals surface area (Å²) in [7, 11) is 0. The normalized spacial score (nSPS) is 23.8. The van der Waals surface area contributed by atoms with E-state index in [1.807, 2.05) is 0 Å². The molecule has 0 bridgehead atoms. The highest BCUT2D eigenvalue weighted by molar-refractivity contribution is 5.85. The van der Waals surface area contributed by atoms with Crippen molar-refractivity contribution in [1.29, 1.82) is 0 Å². The van der Waals surface area contributed by atoms with Crippen LogP contribution in [0.4, 0.5) is 0 Å².